The van der Waals surface area contributed by atoms with E-state index in [9.17, 15) is 0 Å². The predicted molar refractivity (Wildman–Crippen MR) is 87.1 cm³/mol. The second-order valence-corrected chi connectivity index (χ2v) is 6.72. The molecule has 0 saturated carbocycles. The first-order valence-electron chi connectivity index (χ1n) is 7.15. The molecule has 0 radical (unpaired) electrons. The van der Waals surface area contributed by atoms with Gasteiger partial charge < -0.3 is 0 Å². The number of aromatic nitrogens is 2. The van der Waals surface area contributed by atoms with Gasteiger partial charge in [0, 0.05) is 12.5 Å². The van der Waals surface area contributed by atoms with Gasteiger partial charge in [0.05, 0.1) is 15.0 Å². The third-order valence-corrected chi connectivity index (χ3v) is 5.18. The zero-order valence-corrected chi connectivity index (χ0v) is 14.7. The standard InChI is InChI=1S/C15H27IN2/c1-6-8-10-15(4,11-9-7-2)14-13(16)12(3)17-18(14)5/h6-11H2,1-5H3. The van der Waals surface area contributed by atoms with E-state index in [0.29, 0.717) is 5.41 Å². The Morgan fingerprint density at radius 2 is 1.67 bits per heavy atom. The van der Waals surface area contributed by atoms with Gasteiger partial charge in [0.25, 0.3) is 0 Å². The molecule has 104 valence electrons. The first kappa shape index (κ1) is 16.0. The number of nitrogens with zero attached hydrogens (tertiary/aromatic N) is 2. The van der Waals surface area contributed by atoms with Crippen LogP contribution < -0.4 is 0 Å². The Hall–Kier alpha value is -0.0600. The molecule has 1 aromatic rings. The van der Waals surface area contributed by atoms with Crippen LogP contribution in [0, 0.1) is 10.5 Å². The van der Waals surface area contributed by atoms with Gasteiger partial charge in [0.1, 0.15) is 0 Å². The first-order valence-corrected chi connectivity index (χ1v) is 8.23. The summed E-state index contributed by atoms with van der Waals surface area (Å²) in [5, 5.41) is 4.60. The molecule has 0 amide bonds. The molecule has 0 saturated heterocycles. The quantitative estimate of drug-likeness (QED) is 0.626. The molecule has 0 spiro atoms. The molecule has 0 aliphatic rings. The minimum atomic E-state index is 0.290. The lowest BCUT2D eigenvalue weighted by Crippen LogP contribution is -2.26. The molecule has 0 aromatic carbocycles. The molecule has 1 heterocycles. The van der Waals surface area contributed by atoms with Gasteiger partial charge in [-0.3, -0.25) is 4.68 Å². The maximum absolute atomic E-state index is 4.60. The van der Waals surface area contributed by atoms with Gasteiger partial charge in [-0.05, 0) is 42.4 Å². The highest BCUT2D eigenvalue weighted by Crippen LogP contribution is 2.37. The van der Waals surface area contributed by atoms with Crippen molar-refractivity contribution in [3.8, 4) is 0 Å². The molecular weight excluding hydrogens is 335 g/mol. The third kappa shape index (κ3) is 3.49. The zero-order chi connectivity index (χ0) is 13.8. The molecule has 1 aromatic heterocycles. The molecule has 3 heteroatoms. The van der Waals surface area contributed by atoms with Crippen LogP contribution in [-0.2, 0) is 12.5 Å². The van der Waals surface area contributed by atoms with Gasteiger partial charge in [0.15, 0.2) is 0 Å². The van der Waals surface area contributed by atoms with Crippen molar-refractivity contribution in [2.24, 2.45) is 7.05 Å². The summed E-state index contributed by atoms with van der Waals surface area (Å²) in [5.41, 5.74) is 2.91. The topological polar surface area (TPSA) is 17.8 Å². The van der Waals surface area contributed by atoms with Crippen molar-refractivity contribution in [3.05, 3.63) is 15.0 Å². The Kier molecular flexibility index (Phi) is 6.15. The van der Waals surface area contributed by atoms with E-state index in [-0.39, 0.29) is 0 Å². The van der Waals surface area contributed by atoms with Crippen molar-refractivity contribution in [3.63, 3.8) is 0 Å². The summed E-state index contributed by atoms with van der Waals surface area (Å²) in [5.74, 6) is 0. The summed E-state index contributed by atoms with van der Waals surface area (Å²) < 4.78 is 3.48. The van der Waals surface area contributed by atoms with Crippen LogP contribution in [0.15, 0.2) is 0 Å². The van der Waals surface area contributed by atoms with Gasteiger partial charge >= 0.3 is 0 Å². The minimum Gasteiger partial charge on any atom is -0.271 e. The maximum atomic E-state index is 4.60. The van der Waals surface area contributed by atoms with Gasteiger partial charge in [-0.1, -0.05) is 46.5 Å². The summed E-state index contributed by atoms with van der Waals surface area (Å²) >= 11 is 2.47. The molecule has 0 aliphatic heterocycles. The fourth-order valence-corrected chi connectivity index (χ4v) is 3.89. The van der Waals surface area contributed by atoms with Crippen molar-refractivity contribution in [1.29, 1.82) is 0 Å². The highest BCUT2D eigenvalue weighted by atomic mass is 127. The van der Waals surface area contributed by atoms with E-state index in [1.54, 1.807) is 0 Å². The molecule has 18 heavy (non-hydrogen) atoms. The summed E-state index contributed by atoms with van der Waals surface area (Å²) in [6, 6.07) is 0. The Balaban J connectivity index is 3.07. The van der Waals surface area contributed by atoms with Gasteiger partial charge in [-0.25, -0.2) is 0 Å². The summed E-state index contributed by atoms with van der Waals surface area (Å²) in [6.45, 7) is 9.10. The van der Waals surface area contributed by atoms with E-state index in [1.807, 2.05) is 0 Å². The van der Waals surface area contributed by atoms with E-state index in [0.717, 1.165) is 0 Å². The Labute approximate surface area is 126 Å². The number of unbranched alkanes of at least 4 members (excludes halogenated alkanes) is 2. The van der Waals surface area contributed by atoms with Crippen molar-refractivity contribution < 1.29 is 0 Å². The molecule has 0 fully saturated rings. The molecule has 0 unspecified atom stereocenters. The Bertz CT molecular complexity index is 374. The van der Waals surface area contributed by atoms with Gasteiger partial charge in [-0.15, -0.1) is 0 Å². The van der Waals surface area contributed by atoms with Crippen molar-refractivity contribution in [1.82, 2.24) is 9.78 Å². The molecule has 2 nitrogen and oxygen atoms in total. The number of hydrogen-bond acceptors (Lipinski definition) is 1. The van der Waals surface area contributed by atoms with Gasteiger partial charge in [0.2, 0.25) is 0 Å². The van der Waals surface area contributed by atoms with Crippen LogP contribution in [0.2, 0.25) is 0 Å². The molecule has 0 aliphatic carbocycles. The summed E-state index contributed by atoms with van der Waals surface area (Å²) in [7, 11) is 2.10. The normalized spacial score (nSPS) is 12.1. The highest BCUT2D eigenvalue weighted by Gasteiger charge is 2.31. The fourth-order valence-electron chi connectivity index (χ4n) is 2.78. The first-order chi connectivity index (χ1) is 8.46. The summed E-state index contributed by atoms with van der Waals surface area (Å²) in [4.78, 5) is 0. The van der Waals surface area contributed by atoms with E-state index < -0.39 is 0 Å². The largest absolute Gasteiger partial charge is 0.271 e. The second kappa shape index (κ2) is 6.92. The average molecular weight is 362 g/mol. The average Bonchev–Trinajstić information content (AvgIpc) is 2.59. The molecule has 1 rings (SSSR count). The zero-order valence-electron chi connectivity index (χ0n) is 12.5. The third-order valence-electron chi connectivity index (χ3n) is 3.89. The highest BCUT2D eigenvalue weighted by molar-refractivity contribution is 14.1. The van der Waals surface area contributed by atoms with Crippen LogP contribution in [0.25, 0.3) is 0 Å². The van der Waals surface area contributed by atoms with Crippen molar-refractivity contribution >= 4 is 22.6 Å². The molecule has 0 atom stereocenters. The lowest BCUT2D eigenvalue weighted by atomic mass is 9.77. The fraction of sp³-hybridized carbons (Fsp3) is 0.800. The second-order valence-electron chi connectivity index (χ2n) is 5.64. The van der Waals surface area contributed by atoms with Crippen LogP contribution in [0.4, 0.5) is 0 Å². The van der Waals surface area contributed by atoms with E-state index >= 15 is 0 Å². The van der Waals surface area contributed by atoms with Crippen molar-refractivity contribution in [2.75, 3.05) is 0 Å². The van der Waals surface area contributed by atoms with E-state index in [4.69, 9.17) is 0 Å². The lowest BCUT2D eigenvalue weighted by molar-refractivity contribution is 0.349. The van der Waals surface area contributed by atoms with Crippen LogP contribution in [0.3, 0.4) is 0 Å². The number of aryl methyl sites for hydroxylation is 2. The Morgan fingerprint density at radius 1 is 1.17 bits per heavy atom. The smallest absolute Gasteiger partial charge is 0.0730 e. The lowest BCUT2D eigenvalue weighted by Gasteiger charge is -2.30. The molecule has 0 bridgehead atoms. The molecular formula is C15H27IN2. The van der Waals surface area contributed by atoms with E-state index in [1.165, 1.54) is 53.5 Å². The van der Waals surface area contributed by atoms with Crippen LogP contribution in [0.1, 0.15) is 70.7 Å². The summed E-state index contributed by atoms with van der Waals surface area (Å²) in [6.07, 6.45) is 7.71. The number of hydrogen-bond donors (Lipinski definition) is 0. The predicted octanol–water partition coefficient (Wildman–Crippen LogP) is 4.97. The van der Waals surface area contributed by atoms with Crippen LogP contribution >= 0.6 is 22.6 Å². The van der Waals surface area contributed by atoms with Crippen molar-refractivity contribution in [2.45, 2.75) is 71.6 Å². The number of halogens is 1. The SMILES string of the molecule is CCCCC(C)(CCCC)c1c(I)c(C)nn1C. The van der Waals surface area contributed by atoms with Crippen LogP contribution in [0.5, 0.6) is 0 Å². The van der Waals surface area contributed by atoms with Gasteiger partial charge in [-0.2, -0.15) is 5.10 Å². The Morgan fingerprint density at radius 3 is 2.00 bits per heavy atom. The maximum Gasteiger partial charge on any atom is 0.0730 e. The molecule has 0 N–H and O–H groups in total. The van der Waals surface area contributed by atoms with Crippen LogP contribution in [-0.4, -0.2) is 9.78 Å². The monoisotopic (exact) mass is 362 g/mol. The minimum absolute atomic E-state index is 0.290. The number of rotatable bonds is 7. The van der Waals surface area contributed by atoms with E-state index in [2.05, 4.69) is 67.1 Å².